The van der Waals surface area contributed by atoms with Crippen LogP contribution in [-0.2, 0) is 4.79 Å². The lowest BCUT2D eigenvalue weighted by Crippen LogP contribution is -2.14. The van der Waals surface area contributed by atoms with E-state index < -0.39 is 0 Å². The van der Waals surface area contributed by atoms with Crippen LogP contribution in [0.2, 0.25) is 0 Å². The molecule has 3 N–H and O–H groups in total. The molecule has 0 radical (unpaired) electrons. The SMILES string of the molecule is CC(C)CC(=O)Nc1cncc(-c2ccc3[nH]nc(-c4nc5c(-c6cccs6)cccc5[nH]4)c3n2)c1. The number of benzene rings is 1. The normalized spacial score (nSPS) is 11.5. The molecule has 0 saturated carbocycles. The zero-order chi connectivity index (χ0) is 24.6. The number of fused-ring (bicyclic) bond motifs is 2. The van der Waals surface area contributed by atoms with Crippen molar-refractivity contribution in [1.82, 2.24) is 30.1 Å². The molecular weight excluding hydrogens is 470 g/mol. The van der Waals surface area contributed by atoms with E-state index in [9.17, 15) is 4.79 Å². The highest BCUT2D eigenvalue weighted by Crippen LogP contribution is 2.33. The molecule has 6 rings (SSSR count). The number of hydrogen-bond acceptors (Lipinski definition) is 6. The van der Waals surface area contributed by atoms with Crippen LogP contribution in [0.5, 0.6) is 0 Å². The van der Waals surface area contributed by atoms with Crippen molar-refractivity contribution in [1.29, 1.82) is 0 Å². The highest BCUT2D eigenvalue weighted by atomic mass is 32.1. The maximum Gasteiger partial charge on any atom is 0.224 e. The van der Waals surface area contributed by atoms with E-state index in [4.69, 9.17) is 9.97 Å². The summed E-state index contributed by atoms with van der Waals surface area (Å²) in [6, 6.07) is 16.0. The third-order valence-electron chi connectivity index (χ3n) is 5.84. The number of carbonyl (C=O) groups is 1. The first-order valence-corrected chi connectivity index (χ1v) is 12.6. The number of H-pyrrole nitrogens is 2. The van der Waals surface area contributed by atoms with Gasteiger partial charge in [-0.2, -0.15) is 5.10 Å². The molecule has 6 aromatic rings. The molecule has 0 aliphatic heterocycles. The van der Waals surface area contributed by atoms with Gasteiger partial charge in [0.05, 0.1) is 34.1 Å². The number of para-hydroxylation sites is 1. The Bertz CT molecular complexity index is 1700. The number of thiophene rings is 1. The lowest BCUT2D eigenvalue weighted by Gasteiger charge is -2.08. The van der Waals surface area contributed by atoms with Gasteiger partial charge in [0.15, 0.2) is 11.5 Å². The van der Waals surface area contributed by atoms with Crippen LogP contribution in [0.3, 0.4) is 0 Å². The fraction of sp³-hybridized carbons (Fsp3) is 0.148. The summed E-state index contributed by atoms with van der Waals surface area (Å²) in [4.78, 5) is 30.9. The van der Waals surface area contributed by atoms with Crippen LogP contribution in [0, 0.1) is 5.92 Å². The van der Waals surface area contributed by atoms with Gasteiger partial charge in [0.2, 0.25) is 5.91 Å². The fourth-order valence-corrected chi connectivity index (χ4v) is 4.98. The van der Waals surface area contributed by atoms with Crippen molar-refractivity contribution >= 4 is 45.0 Å². The van der Waals surface area contributed by atoms with E-state index in [1.165, 1.54) is 4.88 Å². The van der Waals surface area contributed by atoms with Crippen LogP contribution in [0.25, 0.3) is 55.3 Å². The van der Waals surface area contributed by atoms with Gasteiger partial charge in [-0.1, -0.05) is 32.0 Å². The number of aromatic nitrogens is 6. The summed E-state index contributed by atoms with van der Waals surface area (Å²) in [6.45, 7) is 4.03. The second-order valence-corrected chi connectivity index (χ2v) is 9.99. The van der Waals surface area contributed by atoms with Crippen LogP contribution >= 0.6 is 11.3 Å². The van der Waals surface area contributed by atoms with E-state index in [2.05, 4.69) is 43.0 Å². The monoisotopic (exact) mass is 493 g/mol. The molecular formula is C27H23N7OS. The van der Waals surface area contributed by atoms with Gasteiger partial charge < -0.3 is 10.3 Å². The molecule has 9 heteroatoms. The number of amides is 1. The van der Waals surface area contributed by atoms with Gasteiger partial charge in [0.1, 0.15) is 5.52 Å². The first-order valence-electron chi connectivity index (χ1n) is 11.7. The van der Waals surface area contributed by atoms with Crippen molar-refractivity contribution in [2.45, 2.75) is 20.3 Å². The molecule has 1 amide bonds. The van der Waals surface area contributed by atoms with Gasteiger partial charge in [-0.05, 0) is 41.6 Å². The molecule has 1 aromatic carbocycles. The van der Waals surface area contributed by atoms with Gasteiger partial charge in [-0.25, -0.2) is 9.97 Å². The van der Waals surface area contributed by atoms with E-state index in [1.54, 1.807) is 23.7 Å². The second kappa shape index (κ2) is 9.01. The topological polar surface area (TPSA) is 112 Å². The number of anilines is 1. The zero-order valence-electron chi connectivity index (χ0n) is 19.7. The minimum atomic E-state index is -0.0312. The van der Waals surface area contributed by atoms with Gasteiger partial charge in [0, 0.05) is 28.6 Å². The van der Waals surface area contributed by atoms with E-state index >= 15 is 0 Å². The lowest BCUT2D eigenvalue weighted by molar-refractivity contribution is -0.116. The Morgan fingerprint density at radius 3 is 2.78 bits per heavy atom. The largest absolute Gasteiger partial charge is 0.336 e. The molecule has 0 aliphatic rings. The Morgan fingerprint density at radius 2 is 1.94 bits per heavy atom. The summed E-state index contributed by atoms with van der Waals surface area (Å²) >= 11 is 1.69. The van der Waals surface area contributed by atoms with E-state index in [-0.39, 0.29) is 11.8 Å². The molecule has 178 valence electrons. The summed E-state index contributed by atoms with van der Waals surface area (Å²) in [5.74, 6) is 0.901. The highest BCUT2D eigenvalue weighted by Gasteiger charge is 2.17. The smallest absolute Gasteiger partial charge is 0.224 e. The Morgan fingerprint density at radius 1 is 1.03 bits per heavy atom. The highest BCUT2D eigenvalue weighted by molar-refractivity contribution is 7.13. The quantitative estimate of drug-likeness (QED) is 0.253. The van der Waals surface area contributed by atoms with Crippen LogP contribution in [-0.4, -0.2) is 36.0 Å². The molecule has 5 aromatic heterocycles. The molecule has 0 aliphatic carbocycles. The van der Waals surface area contributed by atoms with Gasteiger partial charge >= 0.3 is 0 Å². The molecule has 0 atom stereocenters. The number of rotatable bonds is 6. The maximum atomic E-state index is 12.2. The fourth-order valence-electron chi connectivity index (χ4n) is 4.23. The molecule has 0 fully saturated rings. The van der Waals surface area contributed by atoms with Crippen molar-refractivity contribution in [2.24, 2.45) is 5.92 Å². The zero-order valence-corrected chi connectivity index (χ0v) is 20.6. The van der Waals surface area contributed by atoms with Crippen molar-refractivity contribution in [3.8, 4) is 33.2 Å². The minimum Gasteiger partial charge on any atom is -0.336 e. The molecule has 0 saturated heterocycles. The number of nitrogens with zero attached hydrogens (tertiary/aromatic N) is 4. The second-order valence-electron chi connectivity index (χ2n) is 9.04. The predicted molar refractivity (Wildman–Crippen MR) is 144 cm³/mol. The van der Waals surface area contributed by atoms with Crippen molar-refractivity contribution in [3.63, 3.8) is 0 Å². The Balaban J connectivity index is 1.38. The standard InChI is InChI=1S/C27H23N7OS/c1-15(2)11-23(35)29-17-12-16(13-28-14-17)19-8-9-21-25(30-19)26(34-33-21)27-31-20-6-3-5-18(24(20)32-27)22-7-4-10-36-22/h3-10,12-15H,11H2,1-2H3,(H,29,35)(H,31,32)(H,33,34). The average Bonchev–Trinajstić information content (AvgIpc) is 3.62. The number of aromatic amines is 2. The van der Waals surface area contributed by atoms with Crippen molar-refractivity contribution < 1.29 is 4.79 Å². The predicted octanol–water partition coefficient (Wildman–Crippen LogP) is 6.28. The van der Waals surface area contributed by atoms with Crippen molar-refractivity contribution in [3.05, 3.63) is 66.3 Å². The Labute approximate surface area is 210 Å². The van der Waals surface area contributed by atoms with Gasteiger partial charge in [-0.3, -0.25) is 14.9 Å². The van der Waals surface area contributed by atoms with Crippen LogP contribution in [0.4, 0.5) is 5.69 Å². The molecule has 0 spiro atoms. The number of carbonyl (C=O) groups excluding carboxylic acids is 1. The molecule has 0 bridgehead atoms. The molecule has 0 unspecified atom stereocenters. The summed E-state index contributed by atoms with van der Waals surface area (Å²) in [5.41, 5.74) is 7.26. The third-order valence-corrected chi connectivity index (χ3v) is 6.75. The first-order chi connectivity index (χ1) is 17.5. The van der Waals surface area contributed by atoms with E-state index in [0.717, 1.165) is 33.4 Å². The molecule has 36 heavy (non-hydrogen) atoms. The Kier molecular flexibility index (Phi) is 5.54. The summed E-state index contributed by atoms with van der Waals surface area (Å²) in [7, 11) is 0. The summed E-state index contributed by atoms with van der Waals surface area (Å²) in [5, 5.41) is 12.6. The van der Waals surface area contributed by atoms with Crippen LogP contribution in [0.1, 0.15) is 20.3 Å². The Hall–Kier alpha value is -4.37. The average molecular weight is 494 g/mol. The van der Waals surface area contributed by atoms with Gasteiger partial charge in [-0.15, -0.1) is 11.3 Å². The van der Waals surface area contributed by atoms with E-state index in [0.29, 0.717) is 29.1 Å². The number of hydrogen-bond donors (Lipinski definition) is 3. The van der Waals surface area contributed by atoms with Crippen LogP contribution in [0.15, 0.2) is 66.3 Å². The third kappa shape index (κ3) is 4.14. The first kappa shape index (κ1) is 22.1. The number of pyridine rings is 2. The van der Waals surface area contributed by atoms with Gasteiger partial charge in [0.25, 0.3) is 0 Å². The maximum absolute atomic E-state index is 12.2. The minimum absolute atomic E-state index is 0.0312. The number of imidazole rings is 1. The van der Waals surface area contributed by atoms with E-state index in [1.807, 2.05) is 50.2 Å². The van der Waals surface area contributed by atoms with Crippen LogP contribution < -0.4 is 5.32 Å². The summed E-state index contributed by atoms with van der Waals surface area (Å²) < 4.78 is 0. The number of nitrogens with one attached hydrogen (secondary N) is 3. The molecule has 5 heterocycles. The summed E-state index contributed by atoms with van der Waals surface area (Å²) in [6.07, 6.45) is 3.84. The lowest BCUT2D eigenvalue weighted by atomic mass is 10.1. The molecule has 8 nitrogen and oxygen atoms in total. The van der Waals surface area contributed by atoms with Crippen molar-refractivity contribution in [2.75, 3.05) is 5.32 Å².